The van der Waals surface area contributed by atoms with E-state index in [0.29, 0.717) is 4.60 Å². The molecular formula is C8H9BrN2O4S. The minimum absolute atomic E-state index is 0.238. The zero-order chi connectivity index (χ0) is 12.3. The van der Waals surface area contributed by atoms with Crippen LogP contribution in [-0.4, -0.2) is 30.2 Å². The molecule has 0 saturated carbocycles. The van der Waals surface area contributed by atoms with Crippen molar-refractivity contribution in [1.29, 1.82) is 0 Å². The number of anilines is 1. The average molecular weight is 309 g/mol. The van der Waals surface area contributed by atoms with E-state index < -0.39 is 21.7 Å². The van der Waals surface area contributed by atoms with Gasteiger partial charge in [-0.2, -0.15) is 0 Å². The number of aryl methyl sites for hydroxylation is 1. The number of aromatic nitrogens is 1. The Bertz CT molecular complexity index is 515. The highest BCUT2D eigenvalue weighted by molar-refractivity contribution is 9.10. The molecule has 0 radical (unpaired) electrons. The molecule has 1 heterocycles. The van der Waals surface area contributed by atoms with Crippen LogP contribution in [0.2, 0.25) is 0 Å². The third-order valence-corrected chi connectivity index (χ3v) is 3.61. The van der Waals surface area contributed by atoms with Crippen LogP contribution in [0.15, 0.2) is 16.9 Å². The zero-order valence-corrected chi connectivity index (χ0v) is 10.7. The van der Waals surface area contributed by atoms with Gasteiger partial charge >= 0.3 is 5.97 Å². The van der Waals surface area contributed by atoms with Crippen molar-refractivity contribution >= 4 is 37.6 Å². The SMILES string of the molecule is Cc1cc(NS(=O)(=O)CC(=O)O)cnc1Br. The van der Waals surface area contributed by atoms with Gasteiger partial charge in [-0.15, -0.1) is 0 Å². The second-order valence-corrected chi connectivity index (χ2v) is 5.56. The summed E-state index contributed by atoms with van der Waals surface area (Å²) in [6.07, 6.45) is 1.30. The van der Waals surface area contributed by atoms with Crippen LogP contribution in [0.25, 0.3) is 0 Å². The summed E-state index contributed by atoms with van der Waals surface area (Å²) in [5.74, 6) is -2.38. The zero-order valence-electron chi connectivity index (χ0n) is 8.27. The van der Waals surface area contributed by atoms with Gasteiger partial charge in [-0.3, -0.25) is 9.52 Å². The maximum atomic E-state index is 11.3. The largest absolute Gasteiger partial charge is 0.480 e. The quantitative estimate of drug-likeness (QED) is 0.808. The summed E-state index contributed by atoms with van der Waals surface area (Å²) in [6, 6.07) is 1.55. The number of nitrogens with one attached hydrogen (secondary N) is 1. The maximum absolute atomic E-state index is 11.3. The minimum atomic E-state index is -3.87. The number of hydrogen-bond donors (Lipinski definition) is 2. The molecule has 1 aromatic heterocycles. The number of halogens is 1. The number of carbonyl (C=O) groups is 1. The standard InChI is InChI=1S/C8H9BrN2O4S/c1-5-2-6(3-10-8(5)9)11-16(14,15)4-7(12)13/h2-3,11H,4H2,1H3,(H,12,13). The molecule has 0 bridgehead atoms. The monoisotopic (exact) mass is 308 g/mol. The van der Waals surface area contributed by atoms with Crippen molar-refractivity contribution in [3.63, 3.8) is 0 Å². The Labute approximate surface area is 101 Å². The van der Waals surface area contributed by atoms with Crippen molar-refractivity contribution in [2.45, 2.75) is 6.92 Å². The first-order valence-corrected chi connectivity index (χ1v) is 6.59. The van der Waals surface area contributed by atoms with E-state index in [1.165, 1.54) is 6.20 Å². The Morgan fingerprint density at radius 1 is 1.62 bits per heavy atom. The van der Waals surface area contributed by atoms with Gasteiger partial charge in [0.2, 0.25) is 10.0 Å². The lowest BCUT2D eigenvalue weighted by molar-refractivity contribution is -0.134. The Morgan fingerprint density at radius 3 is 2.75 bits per heavy atom. The van der Waals surface area contributed by atoms with E-state index in [0.717, 1.165) is 5.56 Å². The van der Waals surface area contributed by atoms with Crippen LogP contribution in [0, 0.1) is 6.92 Å². The number of rotatable bonds is 4. The number of aliphatic carboxylic acids is 1. The van der Waals surface area contributed by atoms with Crippen LogP contribution >= 0.6 is 15.9 Å². The molecule has 0 fully saturated rings. The fourth-order valence-electron chi connectivity index (χ4n) is 0.992. The molecule has 0 saturated heterocycles. The number of carboxylic acids is 1. The molecule has 88 valence electrons. The maximum Gasteiger partial charge on any atom is 0.320 e. The molecular weight excluding hydrogens is 300 g/mol. The fraction of sp³-hybridized carbons (Fsp3) is 0.250. The van der Waals surface area contributed by atoms with Gasteiger partial charge in [0.1, 0.15) is 4.60 Å². The lowest BCUT2D eigenvalue weighted by Crippen LogP contribution is -2.22. The van der Waals surface area contributed by atoms with Gasteiger partial charge in [0, 0.05) is 0 Å². The number of sulfonamides is 1. The van der Waals surface area contributed by atoms with Crippen molar-refractivity contribution in [3.05, 3.63) is 22.4 Å². The third kappa shape index (κ3) is 3.78. The highest BCUT2D eigenvalue weighted by Gasteiger charge is 2.15. The van der Waals surface area contributed by atoms with Crippen molar-refractivity contribution in [2.75, 3.05) is 10.5 Å². The van der Waals surface area contributed by atoms with Gasteiger partial charge < -0.3 is 5.11 Å². The predicted molar refractivity (Wildman–Crippen MR) is 61.7 cm³/mol. The van der Waals surface area contributed by atoms with Crippen molar-refractivity contribution < 1.29 is 18.3 Å². The first kappa shape index (κ1) is 12.9. The molecule has 0 atom stereocenters. The van der Waals surface area contributed by atoms with E-state index in [9.17, 15) is 13.2 Å². The summed E-state index contributed by atoms with van der Waals surface area (Å²) in [4.78, 5) is 14.2. The van der Waals surface area contributed by atoms with E-state index in [4.69, 9.17) is 5.11 Å². The van der Waals surface area contributed by atoms with Crippen LogP contribution in [0.5, 0.6) is 0 Å². The Balaban J connectivity index is 2.88. The molecule has 0 aliphatic rings. The molecule has 2 N–H and O–H groups in total. The lowest BCUT2D eigenvalue weighted by Gasteiger charge is -2.06. The normalized spacial score (nSPS) is 11.1. The Kier molecular flexibility index (Phi) is 3.87. The van der Waals surface area contributed by atoms with Crippen LogP contribution in [0.3, 0.4) is 0 Å². The average Bonchev–Trinajstić information content (AvgIpc) is 2.08. The summed E-state index contributed by atoms with van der Waals surface area (Å²) in [5, 5.41) is 8.38. The summed E-state index contributed by atoms with van der Waals surface area (Å²) in [5.41, 5.74) is 0.984. The van der Waals surface area contributed by atoms with Crippen LogP contribution in [-0.2, 0) is 14.8 Å². The van der Waals surface area contributed by atoms with E-state index in [-0.39, 0.29) is 5.69 Å². The van der Waals surface area contributed by atoms with Crippen molar-refractivity contribution in [3.8, 4) is 0 Å². The molecule has 6 nitrogen and oxygen atoms in total. The van der Waals surface area contributed by atoms with Crippen LogP contribution < -0.4 is 4.72 Å². The van der Waals surface area contributed by atoms with Crippen LogP contribution in [0.4, 0.5) is 5.69 Å². The fourth-order valence-corrected chi connectivity index (χ4v) is 2.08. The summed E-state index contributed by atoms with van der Waals surface area (Å²) < 4.78 is 25.3. The first-order valence-electron chi connectivity index (χ1n) is 4.14. The molecule has 0 aromatic carbocycles. The second-order valence-electron chi connectivity index (χ2n) is 3.09. The molecule has 8 heteroatoms. The summed E-state index contributed by atoms with van der Waals surface area (Å²) in [7, 11) is -3.87. The number of hydrogen-bond acceptors (Lipinski definition) is 4. The van der Waals surface area contributed by atoms with Gasteiger partial charge in [-0.1, -0.05) is 0 Å². The highest BCUT2D eigenvalue weighted by atomic mass is 79.9. The van der Waals surface area contributed by atoms with Crippen molar-refractivity contribution in [1.82, 2.24) is 4.98 Å². The highest BCUT2D eigenvalue weighted by Crippen LogP contribution is 2.17. The van der Waals surface area contributed by atoms with E-state index >= 15 is 0 Å². The predicted octanol–water partition coefficient (Wildman–Crippen LogP) is 0.979. The summed E-state index contributed by atoms with van der Waals surface area (Å²) >= 11 is 3.17. The first-order chi connectivity index (χ1) is 7.30. The minimum Gasteiger partial charge on any atom is -0.480 e. The van der Waals surface area contributed by atoms with Gasteiger partial charge in [-0.25, -0.2) is 13.4 Å². The molecule has 0 aliphatic heterocycles. The lowest BCUT2D eigenvalue weighted by atomic mass is 10.3. The van der Waals surface area contributed by atoms with Crippen molar-refractivity contribution in [2.24, 2.45) is 0 Å². The van der Waals surface area contributed by atoms with Gasteiger partial charge in [0.25, 0.3) is 0 Å². The molecule has 0 spiro atoms. The second kappa shape index (κ2) is 4.79. The molecule has 0 unspecified atom stereocenters. The Morgan fingerprint density at radius 2 is 2.25 bits per heavy atom. The van der Waals surface area contributed by atoms with Gasteiger partial charge in [0.15, 0.2) is 5.75 Å². The molecule has 0 aliphatic carbocycles. The van der Waals surface area contributed by atoms with Crippen LogP contribution in [0.1, 0.15) is 5.56 Å². The number of carboxylic acid groups (broad SMARTS) is 1. The number of pyridine rings is 1. The summed E-state index contributed by atoms with van der Waals surface area (Å²) in [6.45, 7) is 1.74. The van der Waals surface area contributed by atoms with E-state index in [1.807, 2.05) is 0 Å². The Hall–Kier alpha value is -1.15. The topological polar surface area (TPSA) is 96.4 Å². The molecule has 0 amide bonds. The smallest absolute Gasteiger partial charge is 0.320 e. The molecule has 1 rings (SSSR count). The van der Waals surface area contributed by atoms with Gasteiger partial charge in [-0.05, 0) is 34.5 Å². The number of nitrogens with zero attached hydrogens (tertiary/aromatic N) is 1. The molecule has 16 heavy (non-hydrogen) atoms. The van der Waals surface area contributed by atoms with Gasteiger partial charge in [0.05, 0.1) is 11.9 Å². The van der Waals surface area contributed by atoms with E-state index in [1.54, 1.807) is 13.0 Å². The van der Waals surface area contributed by atoms with E-state index in [2.05, 4.69) is 25.6 Å². The molecule has 1 aromatic rings. The third-order valence-electron chi connectivity index (χ3n) is 1.60.